The molecule has 296 valence electrons. The van der Waals surface area contributed by atoms with Gasteiger partial charge in [0.2, 0.25) is 17.7 Å². The summed E-state index contributed by atoms with van der Waals surface area (Å²) in [5.41, 5.74) is 9.89. The Morgan fingerprint density at radius 3 is 2.46 bits per heavy atom. The quantitative estimate of drug-likeness (QED) is 0.224. The molecular formula is C43H54N8O4S. The zero-order chi connectivity index (χ0) is 38.8. The number of imide groups is 1. The second-order valence-electron chi connectivity index (χ2n) is 16.9. The minimum atomic E-state index is -0.581. The van der Waals surface area contributed by atoms with Crippen LogP contribution in [0.3, 0.4) is 0 Å². The average Bonchev–Trinajstić information content (AvgIpc) is 3.52. The highest BCUT2D eigenvalue weighted by Gasteiger charge is 2.39. The molecular weight excluding hydrogens is 725 g/mol. The van der Waals surface area contributed by atoms with Gasteiger partial charge in [0.1, 0.15) is 16.9 Å². The van der Waals surface area contributed by atoms with E-state index in [1.165, 1.54) is 18.4 Å². The lowest BCUT2D eigenvalue weighted by atomic mass is 9.83. The number of carbonyl (C=O) groups excluding carboxylic acids is 4. The van der Waals surface area contributed by atoms with Gasteiger partial charge in [-0.05, 0) is 132 Å². The molecule has 3 saturated heterocycles. The Labute approximate surface area is 333 Å². The molecule has 0 radical (unpaired) electrons. The van der Waals surface area contributed by atoms with Crippen LogP contribution in [0.2, 0.25) is 0 Å². The van der Waals surface area contributed by atoms with E-state index >= 15 is 0 Å². The van der Waals surface area contributed by atoms with Crippen LogP contribution in [-0.4, -0.2) is 87.2 Å². The highest BCUT2D eigenvalue weighted by Crippen LogP contribution is 2.34. The molecule has 1 aromatic heterocycles. The second kappa shape index (κ2) is 16.6. The number of nitrogens with two attached hydrogens (primary N) is 1. The van der Waals surface area contributed by atoms with Gasteiger partial charge in [0, 0.05) is 59.7 Å². The summed E-state index contributed by atoms with van der Waals surface area (Å²) in [6.45, 7) is 6.52. The van der Waals surface area contributed by atoms with E-state index in [0.29, 0.717) is 30.5 Å². The first-order valence-corrected chi connectivity index (χ1v) is 21.3. The first-order chi connectivity index (χ1) is 27.1. The molecule has 0 spiro atoms. The highest BCUT2D eigenvalue weighted by atomic mass is 32.2. The summed E-state index contributed by atoms with van der Waals surface area (Å²) in [6, 6.07) is 14.1. The summed E-state index contributed by atoms with van der Waals surface area (Å²) in [5, 5.41) is 6.39. The SMILES string of the molecule is CC1(N)CCN(c2cnc(Sc3cccc(NC(=O)C4CCC(N5CCC(CCc6ccc7c(c6)CN(C6CCC(=O)NC6=O)C7=O)CC5)CC4)c3)cn2)CC1. The monoisotopic (exact) mass is 778 g/mol. The van der Waals surface area contributed by atoms with Gasteiger partial charge in [-0.3, -0.25) is 24.5 Å². The molecule has 4 fully saturated rings. The van der Waals surface area contributed by atoms with Crippen LogP contribution in [0, 0.1) is 11.8 Å². The summed E-state index contributed by atoms with van der Waals surface area (Å²) in [5.74, 6) is 0.944. The largest absolute Gasteiger partial charge is 0.355 e. The average molecular weight is 779 g/mol. The van der Waals surface area contributed by atoms with Crippen molar-refractivity contribution in [1.82, 2.24) is 25.1 Å². The van der Waals surface area contributed by atoms with Gasteiger partial charge in [-0.1, -0.05) is 30.0 Å². The number of nitrogens with one attached hydrogen (secondary N) is 2. The van der Waals surface area contributed by atoms with Gasteiger partial charge in [0.15, 0.2) is 0 Å². The molecule has 0 bridgehead atoms. The highest BCUT2D eigenvalue weighted by molar-refractivity contribution is 7.99. The van der Waals surface area contributed by atoms with Crippen molar-refractivity contribution < 1.29 is 19.2 Å². The fourth-order valence-electron chi connectivity index (χ4n) is 9.24. The van der Waals surface area contributed by atoms with Crippen molar-refractivity contribution in [3.8, 4) is 0 Å². The number of amides is 4. The van der Waals surface area contributed by atoms with Crippen LogP contribution in [0.25, 0.3) is 0 Å². The summed E-state index contributed by atoms with van der Waals surface area (Å²) >= 11 is 1.55. The third-order valence-corrected chi connectivity index (χ3v) is 13.7. The molecule has 4 aliphatic heterocycles. The van der Waals surface area contributed by atoms with Crippen LogP contribution < -0.4 is 21.3 Å². The molecule has 3 aromatic rings. The van der Waals surface area contributed by atoms with Crippen LogP contribution in [0.4, 0.5) is 11.5 Å². The number of benzene rings is 2. The minimum Gasteiger partial charge on any atom is -0.355 e. The van der Waals surface area contributed by atoms with Crippen molar-refractivity contribution in [2.75, 3.05) is 36.4 Å². The number of anilines is 2. The van der Waals surface area contributed by atoms with Crippen molar-refractivity contribution in [3.05, 3.63) is 71.5 Å². The van der Waals surface area contributed by atoms with Crippen molar-refractivity contribution in [2.45, 2.75) is 118 Å². The second-order valence-corrected chi connectivity index (χ2v) is 18.0. The number of nitrogens with zero attached hydrogens (tertiary/aromatic N) is 5. The maximum absolute atomic E-state index is 13.4. The molecule has 13 heteroatoms. The molecule has 1 atom stereocenters. The van der Waals surface area contributed by atoms with E-state index in [1.807, 2.05) is 42.7 Å². The van der Waals surface area contributed by atoms with Gasteiger partial charge < -0.3 is 25.8 Å². The Bertz CT molecular complexity index is 1930. The van der Waals surface area contributed by atoms with Gasteiger partial charge in [-0.25, -0.2) is 9.97 Å². The Morgan fingerprint density at radius 2 is 1.73 bits per heavy atom. The number of fused-ring (bicyclic) bond motifs is 1. The summed E-state index contributed by atoms with van der Waals surface area (Å²) in [6.07, 6.45) is 14.6. The predicted octanol–water partition coefficient (Wildman–Crippen LogP) is 5.55. The van der Waals surface area contributed by atoms with E-state index in [9.17, 15) is 19.2 Å². The molecule has 1 aliphatic carbocycles. The third-order valence-electron chi connectivity index (χ3n) is 12.8. The first-order valence-electron chi connectivity index (χ1n) is 20.5. The number of likely N-dealkylation sites (tertiary alicyclic amines) is 1. The van der Waals surface area contributed by atoms with Crippen molar-refractivity contribution >= 4 is 46.9 Å². The number of rotatable bonds is 10. The number of carbonyl (C=O) groups is 4. The van der Waals surface area contributed by atoms with Crippen LogP contribution in [0.5, 0.6) is 0 Å². The maximum Gasteiger partial charge on any atom is 0.255 e. The van der Waals surface area contributed by atoms with Crippen LogP contribution in [0.1, 0.15) is 99.0 Å². The van der Waals surface area contributed by atoms with Gasteiger partial charge in [-0.15, -0.1) is 0 Å². The fraction of sp³-hybridized carbons (Fsp3) is 0.535. The maximum atomic E-state index is 13.4. The standard InChI is InChI=1S/C43H54N8O4S/c1-43(44)17-21-50(22-18-43)37-25-46-39(26-45-37)56-34-4-2-3-32(24-34)47-40(53)30-8-10-33(11-9-30)49-19-15-28(16-20-49)5-6-29-7-12-35-31(23-29)27-51(42(35)55)36-13-14-38(52)48-41(36)54/h2-4,7,12,23-26,28,30,33,36H,5-6,8-11,13-22,27,44H2,1H3,(H,47,53)(H,48,52,54). The molecule has 8 rings (SSSR count). The summed E-state index contributed by atoms with van der Waals surface area (Å²) in [7, 11) is 0. The van der Waals surface area contributed by atoms with E-state index < -0.39 is 6.04 Å². The van der Waals surface area contributed by atoms with E-state index in [-0.39, 0.29) is 41.5 Å². The molecule has 1 saturated carbocycles. The molecule has 2 aromatic carbocycles. The molecule has 12 nitrogen and oxygen atoms in total. The number of hydrogen-bond acceptors (Lipinski definition) is 10. The van der Waals surface area contributed by atoms with Crippen LogP contribution in [0.15, 0.2) is 64.8 Å². The van der Waals surface area contributed by atoms with E-state index in [4.69, 9.17) is 5.73 Å². The molecule has 4 amide bonds. The Hall–Kier alpha value is -4.33. The van der Waals surface area contributed by atoms with Gasteiger partial charge in [-0.2, -0.15) is 0 Å². The number of aryl methyl sites for hydroxylation is 1. The molecule has 1 unspecified atom stereocenters. The van der Waals surface area contributed by atoms with Crippen molar-refractivity contribution in [3.63, 3.8) is 0 Å². The molecule has 5 heterocycles. The lowest BCUT2D eigenvalue weighted by molar-refractivity contribution is -0.137. The third kappa shape index (κ3) is 8.95. The van der Waals surface area contributed by atoms with Gasteiger partial charge >= 0.3 is 0 Å². The topological polar surface area (TPSA) is 154 Å². The predicted molar refractivity (Wildman–Crippen MR) is 216 cm³/mol. The molecule has 4 N–H and O–H groups in total. The fourth-order valence-corrected chi connectivity index (χ4v) is 10.0. The number of aromatic nitrogens is 2. The van der Waals surface area contributed by atoms with Crippen molar-refractivity contribution in [1.29, 1.82) is 0 Å². The van der Waals surface area contributed by atoms with Crippen LogP contribution >= 0.6 is 11.8 Å². The van der Waals surface area contributed by atoms with Crippen molar-refractivity contribution in [2.24, 2.45) is 17.6 Å². The van der Waals surface area contributed by atoms with E-state index in [0.717, 1.165) is 105 Å². The number of hydrogen-bond donors (Lipinski definition) is 3. The normalized spacial score (nSPS) is 24.5. The smallest absolute Gasteiger partial charge is 0.255 e. The zero-order valence-electron chi connectivity index (χ0n) is 32.4. The van der Waals surface area contributed by atoms with E-state index in [1.54, 1.807) is 16.7 Å². The van der Waals surface area contributed by atoms with E-state index in [2.05, 4.69) is 49.5 Å². The lowest BCUT2D eigenvalue weighted by Gasteiger charge is -2.40. The first kappa shape index (κ1) is 38.5. The summed E-state index contributed by atoms with van der Waals surface area (Å²) in [4.78, 5) is 67.3. The van der Waals surface area contributed by atoms with Crippen LogP contribution in [-0.2, 0) is 27.3 Å². The Balaban J connectivity index is 0.747. The molecule has 5 aliphatic rings. The van der Waals surface area contributed by atoms with Gasteiger partial charge in [0.25, 0.3) is 5.91 Å². The van der Waals surface area contributed by atoms with Gasteiger partial charge in [0.05, 0.1) is 12.4 Å². The zero-order valence-corrected chi connectivity index (χ0v) is 33.2. The Kier molecular flexibility index (Phi) is 11.5. The number of piperidine rings is 3. The molecule has 56 heavy (non-hydrogen) atoms. The lowest BCUT2D eigenvalue weighted by Crippen LogP contribution is -2.52. The summed E-state index contributed by atoms with van der Waals surface area (Å²) < 4.78 is 0. The Morgan fingerprint density at radius 1 is 0.946 bits per heavy atom. The minimum absolute atomic E-state index is 0.0316.